The van der Waals surface area contributed by atoms with Gasteiger partial charge in [0.25, 0.3) is 0 Å². The maximum Gasteiger partial charge on any atom is 0.166 e. The quantitative estimate of drug-likeness (QED) is 0.169. The molecule has 0 fully saturated rings. The molecule has 60 heavy (non-hydrogen) atoms. The van der Waals surface area contributed by atoms with E-state index in [4.69, 9.17) is 35.8 Å². The molecular formula is C55H34N4O. The van der Waals surface area contributed by atoms with Crippen LogP contribution in [0.2, 0.25) is 0 Å². The molecule has 0 unspecified atom stereocenters. The lowest BCUT2D eigenvalue weighted by molar-refractivity contribution is 0.670. The Labute approximate surface area is 365 Å². The lowest BCUT2D eigenvalue weighted by Crippen LogP contribution is -2.03. The number of furan rings is 1. The Morgan fingerprint density at radius 3 is 1.85 bits per heavy atom. The van der Waals surface area contributed by atoms with E-state index in [0.29, 0.717) is 27.9 Å². The zero-order valence-corrected chi connectivity index (χ0v) is 31.2. The number of hydrogen-bond donors (Lipinski definition) is 0. The second kappa shape index (κ2) is 13.8. The summed E-state index contributed by atoms with van der Waals surface area (Å²) in [5.74, 6) is 0.453. The molecule has 5 nitrogen and oxygen atoms in total. The summed E-state index contributed by atoms with van der Waals surface area (Å²) in [6.45, 7) is 0. The molecule has 0 N–H and O–H groups in total. The molecule has 0 spiro atoms. The van der Waals surface area contributed by atoms with E-state index in [1.54, 1.807) is 48.5 Å². The van der Waals surface area contributed by atoms with Gasteiger partial charge in [0.1, 0.15) is 11.2 Å². The Morgan fingerprint density at radius 2 is 1.00 bits per heavy atom. The van der Waals surface area contributed by atoms with Gasteiger partial charge in [0.15, 0.2) is 17.5 Å². The Morgan fingerprint density at radius 1 is 0.400 bits per heavy atom. The highest BCUT2D eigenvalue weighted by atomic mass is 16.3. The highest BCUT2D eigenvalue weighted by Crippen LogP contribution is 2.39. The largest absolute Gasteiger partial charge is 0.455 e. The predicted octanol–water partition coefficient (Wildman–Crippen LogP) is 14.4. The summed E-state index contributed by atoms with van der Waals surface area (Å²) >= 11 is 0. The third kappa shape index (κ3) is 5.52. The van der Waals surface area contributed by atoms with E-state index in [0.717, 1.165) is 21.9 Å². The van der Waals surface area contributed by atoms with E-state index in [2.05, 4.69) is 0 Å². The molecular weight excluding hydrogens is 733 g/mol. The number of fused-ring (bicyclic) bond motifs is 7. The van der Waals surface area contributed by atoms with Crippen molar-refractivity contribution in [3.8, 4) is 62.1 Å². The first-order chi connectivity index (χ1) is 35.5. The van der Waals surface area contributed by atoms with Gasteiger partial charge in [-0.3, -0.25) is 0 Å². The lowest BCUT2D eigenvalue weighted by atomic mass is 9.97. The molecule has 12 aromatic rings. The standard InChI is InChI=1S/C55H34N4O/c1-2-21-40-35(15-1)16-13-26-41(40)36-17-11-19-38(33-36)53-56-54(39-20-12-18-37(34-39)42-27-14-28-46-45-24-6-10-32-51(45)60-52(42)46)58-55(57-53)47-25-5-9-31-50(47)59-48-29-7-3-22-43(48)44-23-4-8-30-49(44)59/h1-34H/i3D,4D,6D,7D,10D,14D,22D,23D,24D,27D,28D,29D,30D,32D. The molecule has 0 atom stereocenters. The maximum absolute atomic E-state index is 9.21. The number of rotatable bonds is 6. The van der Waals surface area contributed by atoms with E-state index in [-0.39, 0.29) is 91.0 Å². The van der Waals surface area contributed by atoms with Crippen molar-refractivity contribution >= 4 is 54.5 Å². The van der Waals surface area contributed by atoms with Gasteiger partial charge < -0.3 is 8.98 Å². The third-order valence-electron chi connectivity index (χ3n) is 10.7. The summed E-state index contributed by atoms with van der Waals surface area (Å²) in [6, 6.07) is 30.7. The highest BCUT2D eigenvalue weighted by molar-refractivity contribution is 6.11. The molecule has 0 aliphatic carbocycles. The summed E-state index contributed by atoms with van der Waals surface area (Å²) < 4.78 is 131. The molecule has 3 aromatic heterocycles. The van der Waals surface area contributed by atoms with Crippen LogP contribution in [0.15, 0.2) is 210 Å². The molecule has 0 bridgehead atoms. The van der Waals surface area contributed by atoms with Crippen molar-refractivity contribution in [3.63, 3.8) is 0 Å². The molecule has 0 amide bonds. The number of benzene rings is 9. The Hall–Kier alpha value is -8.15. The fourth-order valence-electron chi connectivity index (χ4n) is 7.97. The van der Waals surface area contributed by atoms with Crippen LogP contribution in [-0.2, 0) is 0 Å². The first-order valence-corrected chi connectivity index (χ1v) is 19.0. The SMILES string of the molecule is [2H]c1cc([2H])c2c(c1[2H])c1c([2H])c([2H])c([2H])c([2H])c1n2-c1ccccc1-c1nc(-c2cccc(-c3cccc4ccccc34)c2)nc(-c2cccc(-c3c([2H])c([2H])c([2H])c4c3oc3c([2H])c([2H])c([2H])c([2H])c34)c2)n1. The molecule has 12 rings (SSSR count). The summed E-state index contributed by atoms with van der Waals surface area (Å²) in [5, 5.41) is 1.95. The third-order valence-corrected chi connectivity index (χ3v) is 10.7. The monoisotopic (exact) mass is 780 g/mol. The Bertz CT molecular complexity index is 4450. The van der Waals surface area contributed by atoms with Crippen molar-refractivity contribution in [2.75, 3.05) is 0 Å². The second-order valence-electron chi connectivity index (χ2n) is 14.1. The smallest absolute Gasteiger partial charge is 0.166 e. The van der Waals surface area contributed by atoms with Gasteiger partial charge in [0.2, 0.25) is 0 Å². The van der Waals surface area contributed by atoms with Crippen molar-refractivity contribution in [1.29, 1.82) is 0 Å². The molecule has 0 saturated heterocycles. The van der Waals surface area contributed by atoms with Crippen molar-refractivity contribution in [2.24, 2.45) is 0 Å². The first-order valence-electron chi connectivity index (χ1n) is 26.0. The summed E-state index contributed by atoms with van der Waals surface area (Å²) in [6.07, 6.45) is 0. The van der Waals surface area contributed by atoms with Crippen LogP contribution in [0.1, 0.15) is 19.2 Å². The number of aromatic nitrogens is 4. The first kappa shape index (κ1) is 22.7. The van der Waals surface area contributed by atoms with Crippen molar-refractivity contribution in [3.05, 3.63) is 206 Å². The Balaban J connectivity index is 1.13. The molecule has 0 aliphatic heterocycles. The van der Waals surface area contributed by atoms with Crippen LogP contribution in [0.5, 0.6) is 0 Å². The average molecular weight is 781 g/mol. The van der Waals surface area contributed by atoms with Gasteiger partial charge >= 0.3 is 0 Å². The molecule has 0 radical (unpaired) electrons. The van der Waals surface area contributed by atoms with Crippen molar-refractivity contribution in [1.82, 2.24) is 19.5 Å². The van der Waals surface area contributed by atoms with Crippen LogP contribution < -0.4 is 0 Å². The summed E-state index contributed by atoms with van der Waals surface area (Å²) in [7, 11) is 0. The fourth-order valence-corrected chi connectivity index (χ4v) is 7.97. The van der Waals surface area contributed by atoms with E-state index in [9.17, 15) is 2.74 Å². The predicted molar refractivity (Wildman–Crippen MR) is 246 cm³/mol. The van der Waals surface area contributed by atoms with Crippen LogP contribution >= 0.6 is 0 Å². The zero-order chi connectivity index (χ0) is 51.8. The van der Waals surface area contributed by atoms with Crippen molar-refractivity contribution < 1.29 is 23.6 Å². The minimum Gasteiger partial charge on any atom is -0.455 e. The average Bonchev–Trinajstić information content (AvgIpc) is 4.02. The summed E-state index contributed by atoms with van der Waals surface area (Å²) in [5.41, 5.74) is 3.62. The van der Waals surface area contributed by atoms with Crippen LogP contribution in [0, 0.1) is 0 Å². The van der Waals surface area contributed by atoms with Crippen LogP contribution in [-0.4, -0.2) is 19.5 Å². The normalized spacial score (nSPS) is 14.9. The van der Waals surface area contributed by atoms with Crippen LogP contribution in [0.4, 0.5) is 0 Å². The van der Waals surface area contributed by atoms with E-state index >= 15 is 0 Å². The minimum atomic E-state index is -0.537. The van der Waals surface area contributed by atoms with Gasteiger partial charge in [-0.15, -0.1) is 0 Å². The molecule has 0 aliphatic rings. The maximum atomic E-state index is 9.21. The van der Waals surface area contributed by atoms with E-state index < -0.39 is 60.4 Å². The second-order valence-corrected chi connectivity index (χ2v) is 14.1. The van der Waals surface area contributed by atoms with Gasteiger partial charge in [-0.05, 0) is 69.9 Å². The molecule has 280 valence electrons. The number of hydrogen-bond acceptors (Lipinski definition) is 4. The van der Waals surface area contributed by atoms with Gasteiger partial charge in [0, 0.05) is 43.8 Å². The van der Waals surface area contributed by atoms with Gasteiger partial charge in [-0.25, -0.2) is 15.0 Å². The van der Waals surface area contributed by atoms with Gasteiger partial charge in [0.05, 0.1) is 35.9 Å². The van der Waals surface area contributed by atoms with Gasteiger partial charge in [-0.2, -0.15) is 0 Å². The van der Waals surface area contributed by atoms with E-state index in [1.807, 2.05) is 66.7 Å². The summed E-state index contributed by atoms with van der Waals surface area (Å²) in [4.78, 5) is 15.3. The minimum absolute atomic E-state index is 0.0122. The van der Waals surface area contributed by atoms with Crippen LogP contribution in [0.3, 0.4) is 0 Å². The van der Waals surface area contributed by atoms with Gasteiger partial charge in [-0.1, -0.05) is 164 Å². The molecule has 3 heterocycles. The number of para-hydroxylation sites is 5. The Kier molecular flexibility index (Phi) is 5.20. The lowest BCUT2D eigenvalue weighted by Gasteiger charge is -2.15. The van der Waals surface area contributed by atoms with Crippen molar-refractivity contribution in [2.45, 2.75) is 0 Å². The highest BCUT2D eigenvalue weighted by Gasteiger charge is 2.20. The number of nitrogens with zero attached hydrogens (tertiary/aromatic N) is 4. The van der Waals surface area contributed by atoms with E-state index in [1.165, 1.54) is 10.6 Å². The van der Waals surface area contributed by atoms with Crippen LogP contribution in [0.25, 0.3) is 117 Å². The molecule has 0 saturated carbocycles. The zero-order valence-electron chi connectivity index (χ0n) is 45.2. The topological polar surface area (TPSA) is 56.7 Å². The molecule has 9 aromatic carbocycles. The fraction of sp³-hybridized carbons (Fsp3) is 0. The molecule has 5 heteroatoms.